The molecule has 5 nitrogen and oxygen atoms in total. The Labute approximate surface area is 136 Å². The van der Waals surface area contributed by atoms with Crippen molar-refractivity contribution >= 4 is 6.03 Å². The van der Waals surface area contributed by atoms with Gasteiger partial charge < -0.3 is 20.1 Å². The topological polar surface area (TPSA) is 59.6 Å². The third kappa shape index (κ3) is 5.00. The number of para-hydroxylation sites is 1. The molecular formula is C18H22N2O3. The highest BCUT2D eigenvalue weighted by molar-refractivity contribution is 5.73. The van der Waals surface area contributed by atoms with Gasteiger partial charge >= 0.3 is 6.03 Å². The minimum absolute atomic E-state index is 0.231. The molecule has 0 fully saturated rings. The quantitative estimate of drug-likeness (QED) is 0.826. The number of rotatable bonds is 7. The fourth-order valence-corrected chi connectivity index (χ4v) is 2.28. The molecule has 1 unspecified atom stereocenters. The summed E-state index contributed by atoms with van der Waals surface area (Å²) in [6.07, 6.45) is -0.270. The first kappa shape index (κ1) is 16.8. The van der Waals surface area contributed by atoms with Gasteiger partial charge in [0.2, 0.25) is 0 Å². The van der Waals surface area contributed by atoms with Crippen molar-refractivity contribution in [3.63, 3.8) is 0 Å². The summed E-state index contributed by atoms with van der Waals surface area (Å²) in [5.41, 5.74) is 1.96. The lowest BCUT2D eigenvalue weighted by molar-refractivity contribution is 0.101. The van der Waals surface area contributed by atoms with Gasteiger partial charge in [0.05, 0.1) is 7.11 Å². The molecule has 2 N–H and O–H groups in total. The highest BCUT2D eigenvalue weighted by atomic mass is 16.5. The summed E-state index contributed by atoms with van der Waals surface area (Å²) < 4.78 is 10.8. The van der Waals surface area contributed by atoms with Gasteiger partial charge in [-0.3, -0.25) is 0 Å². The second kappa shape index (κ2) is 8.80. The van der Waals surface area contributed by atoms with Crippen molar-refractivity contribution in [1.82, 2.24) is 10.6 Å². The van der Waals surface area contributed by atoms with Crippen molar-refractivity contribution in [3.05, 3.63) is 65.7 Å². The maximum atomic E-state index is 11.9. The number of benzene rings is 2. The molecule has 0 aromatic heterocycles. The van der Waals surface area contributed by atoms with Gasteiger partial charge in [-0.05, 0) is 11.6 Å². The summed E-state index contributed by atoms with van der Waals surface area (Å²) >= 11 is 0. The molecule has 0 radical (unpaired) electrons. The molecule has 0 aliphatic heterocycles. The molecule has 0 bridgehead atoms. The summed E-state index contributed by atoms with van der Waals surface area (Å²) in [4.78, 5) is 11.9. The lowest BCUT2D eigenvalue weighted by Crippen LogP contribution is -2.37. The van der Waals surface area contributed by atoms with Gasteiger partial charge in [-0.2, -0.15) is 0 Å². The second-order valence-electron chi connectivity index (χ2n) is 5.02. The number of amides is 2. The first-order valence-corrected chi connectivity index (χ1v) is 7.46. The standard InChI is InChI=1S/C18H22N2O3/c1-22-16-11-7-6-10-15(16)17(23-2)13-20-18(21)19-12-14-8-4-3-5-9-14/h3-11,17H,12-13H2,1-2H3,(H2,19,20,21). The van der Waals surface area contributed by atoms with Crippen LogP contribution < -0.4 is 15.4 Å². The van der Waals surface area contributed by atoms with Crippen LogP contribution in [0.5, 0.6) is 5.75 Å². The van der Waals surface area contributed by atoms with Gasteiger partial charge in [0.25, 0.3) is 0 Å². The van der Waals surface area contributed by atoms with Crippen LogP contribution in [-0.4, -0.2) is 26.8 Å². The van der Waals surface area contributed by atoms with Crippen molar-refractivity contribution in [3.8, 4) is 5.75 Å². The third-order valence-electron chi connectivity index (χ3n) is 3.51. The summed E-state index contributed by atoms with van der Waals surface area (Å²) in [6, 6.07) is 17.1. The lowest BCUT2D eigenvalue weighted by atomic mass is 10.1. The Kier molecular flexibility index (Phi) is 6.44. The van der Waals surface area contributed by atoms with Crippen molar-refractivity contribution in [1.29, 1.82) is 0 Å². The second-order valence-corrected chi connectivity index (χ2v) is 5.02. The van der Waals surface area contributed by atoms with E-state index in [0.717, 1.165) is 16.9 Å². The number of ether oxygens (including phenoxy) is 2. The van der Waals surface area contributed by atoms with Gasteiger partial charge in [0.1, 0.15) is 11.9 Å². The predicted octanol–water partition coefficient (Wildman–Crippen LogP) is 2.88. The fourth-order valence-electron chi connectivity index (χ4n) is 2.28. The van der Waals surface area contributed by atoms with E-state index in [9.17, 15) is 4.79 Å². The molecule has 23 heavy (non-hydrogen) atoms. The minimum atomic E-state index is -0.270. The molecule has 2 aromatic carbocycles. The van der Waals surface area contributed by atoms with Crippen LogP contribution in [0.1, 0.15) is 17.2 Å². The normalized spacial score (nSPS) is 11.6. The SMILES string of the molecule is COc1ccccc1C(CNC(=O)NCc1ccccc1)OC. The van der Waals surface area contributed by atoms with Crippen LogP contribution in [0, 0.1) is 0 Å². The average Bonchev–Trinajstić information content (AvgIpc) is 2.61. The molecule has 0 saturated carbocycles. The Bertz CT molecular complexity index is 617. The molecule has 122 valence electrons. The first-order chi connectivity index (χ1) is 11.2. The molecule has 0 spiro atoms. The maximum Gasteiger partial charge on any atom is 0.315 e. The van der Waals surface area contributed by atoms with Gasteiger partial charge in [0, 0.05) is 25.8 Å². The van der Waals surface area contributed by atoms with Crippen LogP contribution in [-0.2, 0) is 11.3 Å². The number of nitrogens with one attached hydrogen (secondary N) is 2. The molecule has 0 saturated heterocycles. The summed E-state index contributed by atoms with van der Waals surface area (Å²) in [7, 11) is 3.23. The number of urea groups is 1. The Morgan fingerprint density at radius 3 is 2.39 bits per heavy atom. The minimum Gasteiger partial charge on any atom is -0.496 e. The molecule has 2 rings (SSSR count). The fraction of sp³-hybridized carbons (Fsp3) is 0.278. The van der Waals surface area contributed by atoms with Crippen molar-refractivity contribution in [2.45, 2.75) is 12.6 Å². The zero-order valence-corrected chi connectivity index (χ0v) is 13.4. The van der Waals surface area contributed by atoms with Crippen LogP contribution >= 0.6 is 0 Å². The first-order valence-electron chi connectivity index (χ1n) is 7.46. The number of hydrogen-bond donors (Lipinski definition) is 2. The van der Waals surface area contributed by atoms with E-state index < -0.39 is 0 Å². The molecule has 2 aromatic rings. The van der Waals surface area contributed by atoms with E-state index >= 15 is 0 Å². The molecule has 0 aliphatic rings. The van der Waals surface area contributed by atoms with E-state index in [2.05, 4.69) is 10.6 Å². The Hall–Kier alpha value is -2.53. The monoisotopic (exact) mass is 314 g/mol. The lowest BCUT2D eigenvalue weighted by Gasteiger charge is -2.19. The van der Waals surface area contributed by atoms with E-state index in [-0.39, 0.29) is 12.1 Å². The zero-order valence-electron chi connectivity index (χ0n) is 13.4. The highest BCUT2D eigenvalue weighted by Gasteiger charge is 2.16. The zero-order chi connectivity index (χ0) is 16.5. The van der Waals surface area contributed by atoms with E-state index in [1.165, 1.54) is 0 Å². The Balaban J connectivity index is 1.86. The van der Waals surface area contributed by atoms with E-state index in [0.29, 0.717) is 13.1 Å². The van der Waals surface area contributed by atoms with Crippen LogP contribution in [0.15, 0.2) is 54.6 Å². The van der Waals surface area contributed by atoms with Gasteiger partial charge in [-0.25, -0.2) is 4.79 Å². The van der Waals surface area contributed by atoms with Gasteiger partial charge in [-0.1, -0.05) is 48.5 Å². The molecule has 2 amide bonds. The predicted molar refractivity (Wildman–Crippen MR) is 89.4 cm³/mol. The number of carbonyl (C=O) groups excluding carboxylic acids is 1. The van der Waals surface area contributed by atoms with Crippen molar-refractivity contribution < 1.29 is 14.3 Å². The molecule has 0 heterocycles. The van der Waals surface area contributed by atoms with Crippen LogP contribution in [0.4, 0.5) is 4.79 Å². The van der Waals surface area contributed by atoms with Crippen molar-refractivity contribution in [2.24, 2.45) is 0 Å². The summed E-state index contributed by atoms with van der Waals surface area (Å²) in [6.45, 7) is 0.844. The van der Waals surface area contributed by atoms with E-state index in [4.69, 9.17) is 9.47 Å². The smallest absolute Gasteiger partial charge is 0.315 e. The Morgan fingerprint density at radius 2 is 1.70 bits per heavy atom. The van der Waals surface area contributed by atoms with E-state index in [1.54, 1.807) is 14.2 Å². The van der Waals surface area contributed by atoms with Crippen LogP contribution in [0.25, 0.3) is 0 Å². The largest absolute Gasteiger partial charge is 0.496 e. The number of hydrogen-bond acceptors (Lipinski definition) is 3. The molecule has 5 heteroatoms. The third-order valence-corrected chi connectivity index (χ3v) is 3.51. The maximum absolute atomic E-state index is 11.9. The summed E-state index contributed by atoms with van der Waals surface area (Å²) in [5.74, 6) is 0.742. The molecular weight excluding hydrogens is 292 g/mol. The number of methoxy groups -OCH3 is 2. The van der Waals surface area contributed by atoms with Crippen LogP contribution in [0.3, 0.4) is 0 Å². The van der Waals surface area contributed by atoms with Gasteiger partial charge in [-0.15, -0.1) is 0 Å². The number of carbonyl (C=O) groups is 1. The Morgan fingerprint density at radius 1 is 1.00 bits per heavy atom. The summed E-state index contributed by atoms with van der Waals surface area (Å²) in [5, 5.41) is 5.64. The van der Waals surface area contributed by atoms with E-state index in [1.807, 2.05) is 54.6 Å². The van der Waals surface area contributed by atoms with Gasteiger partial charge in [0.15, 0.2) is 0 Å². The van der Waals surface area contributed by atoms with Crippen LogP contribution in [0.2, 0.25) is 0 Å². The molecule has 1 atom stereocenters. The molecule has 0 aliphatic carbocycles. The average molecular weight is 314 g/mol. The van der Waals surface area contributed by atoms with Crippen molar-refractivity contribution in [2.75, 3.05) is 20.8 Å². The highest BCUT2D eigenvalue weighted by Crippen LogP contribution is 2.26.